The lowest BCUT2D eigenvalue weighted by Crippen LogP contribution is -2.06. The lowest BCUT2D eigenvalue weighted by atomic mass is 10.0. The van der Waals surface area contributed by atoms with E-state index < -0.39 is 0 Å². The molecule has 0 unspecified atom stereocenters. The maximum absolute atomic E-state index is 5.81. The Morgan fingerprint density at radius 1 is 1.17 bits per heavy atom. The fourth-order valence-electron chi connectivity index (χ4n) is 2.11. The van der Waals surface area contributed by atoms with Crippen molar-refractivity contribution in [1.29, 1.82) is 0 Å². The molecule has 94 valence electrons. The molecule has 0 heterocycles. The van der Waals surface area contributed by atoms with E-state index in [1.165, 1.54) is 16.3 Å². The summed E-state index contributed by atoms with van der Waals surface area (Å²) in [5, 5.41) is 2.47. The van der Waals surface area contributed by atoms with Gasteiger partial charge in [-0.25, -0.2) is 0 Å². The molecule has 0 spiro atoms. The molecule has 0 aliphatic carbocycles. The molecule has 2 rings (SSSR count). The molecule has 2 nitrogen and oxygen atoms in total. The van der Waals surface area contributed by atoms with Crippen molar-refractivity contribution in [3.05, 3.63) is 54.6 Å². The van der Waals surface area contributed by atoms with E-state index in [2.05, 4.69) is 30.8 Å². The second-order valence-electron chi connectivity index (χ2n) is 4.23. The van der Waals surface area contributed by atoms with Gasteiger partial charge in [0.2, 0.25) is 0 Å². The van der Waals surface area contributed by atoms with Crippen LogP contribution < -0.4 is 10.5 Å². The molecule has 0 aliphatic heterocycles. The van der Waals surface area contributed by atoms with Crippen LogP contribution in [0.25, 0.3) is 10.8 Å². The van der Waals surface area contributed by atoms with Gasteiger partial charge in [0, 0.05) is 5.56 Å². The Morgan fingerprint density at radius 2 is 2.00 bits per heavy atom. The van der Waals surface area contributed by atoms with Crippen molar-refractivity contribution < 1.29 is 4.74 Å². The Hall–Kier alpha value is -1.80. The molecular weight excluding hydrogens is 222 g/mol. The highest BCUT2D eigenvalue weighted by molar-refractivity contribution is 5.87. The van der Waals surface area contributed by atoms with Gasteiger partial charge in [0.15, 0.2) is 0 Å². The molecule has 18 heavy (non-hydrogen) atoms. The van der Waals surface area contributed by atoms with Crippen LogP contribution >= 0.6 is 0 Å². The molecular formula is C16H19NO. The van der Waals surface area contributed by atoms with Crippen LogP contribution in [0.5, 0.6) is 5.75 Å². The predicted molar refractivity (Wildman–Crippen MR) is 77.0 cm³/mol. The molecule has 0 amide bonds. The van der Waals surface area contributed by atoms with E-state index in [0.29, 0.717) is 13.2 Å². The van der Waals surface area contributed by atoms with Crippen LogP contribution in [-0.4, -0.2) is 13.2 Å². The molecule has 2 N–H and O–H groups in total. The van der Waals surface area contributed by atoms with Crippen molar-refractivity contribution in [2.45, 2.75) is 12.8 Å². The third kappa shape index (κ3) is 2.71. The summed E-state index contributed by atoms with van der Waals surface area (Å²) in [5.41, 5.74) is 6.91. The predicted octanol–water partition coefficient (Wildman–Crippen LogP) is 3.30. The van der Waals surface area contributed by atoms with Crippen molar-refractivity contribution in [1.82, 2.24) is 0 Å². The molecule has 0 aromatic heterocycles. The van der Waals surface area contributed by atoms with E-state index in [4.69, 9.17) is 10.5 Å². The van der Waals surface area contributed by atoms with Gasteiger partial charge in [-0.1, -0.05) is 36.4 Å². The van der Waals surface area contributed by atoms with Crippen LogP contribution in [0.15, 0.2) is 49.1 Å². The first kappa shape index (κ1) is 12.7. The normalized spacial score (nSPS) is 10.5. The van der Waals surface area contributed by atoms with Crippen LogP contribution in [-0.2, 0) is 6.42 Å². The van der Waals surface area contributed by atoms with Crippen LogP contribution in [0, 0.1) is 0 Å². The Kier molecular flexibility index (Phi) is 4.37. The molecule has 2 heteroatoms. The van der Waals surface area contributed by atoms with Crippen LogP contribution in [0.1, 0.15) is 12.0 Å². The number of benzene rings is 2. The van der Waals surface area contributed by atoms with Crippen molar-refractivity contribution in [3.8, 4) is 5.75 Å². The quantitative estimate of drug-likeness (QED) is 0.622. The fraction of sp³-hybridized carbons (Fsp3) is 0.250. The van der Waals surface area contributed by atoms with Crippen LogP contribution in [0.2, 0.25) is 0 Å². The van der Waals surface area contributed by atoms with Gasteiger partial charge in [-0.15, -0.1) is 6.58 Å². The summed E-state index contributed by atoms with van der Waals surface area (Å²) in [6.07, 6.45) is 3.56. The maximum atomic E-state index is 5.81. The van der Waals surface area contributed by atoms with Gasteiger partial charge in [-0.05, 0) is 36.2 Å². The third-order valence-electron chi connectivity index (χ3n) is 2.97. The topological polar surface area (TPSA) is 35.2 Å². The number of rotatable bonds is 6. The molecule has 0 atom stereocenters. The molecule has 0 saturated heterocycles. The van der Waals surface area contributed by atoms with Crippen molar-refractivity contribution in [3.63, 3.8) is 0 Å². The average molecular weight is 241 g/mol. The van der Waals surface area contributed by atoms with E-state index in [1.54, 1.807) is 0 Å². The van der Waals surface area contributed by atoms with Gasteiger partial charge in [0.25, 0.3) is 0 Å². The number of nitrogens with two attached hydrogens (primary N) is 1. The maximum Gasteiger partial charge on any atom is 0.123 e. The van der Waals surface area contributed by atoms with Crippen molar-refractivity contribution in [2.24, 2.45) is 5.73 Å². The summed E-state index contributed by atoms with van der Waals surface area (Å²) in [5.74, 6) is 0.945. The summed E-state index contributed by atoms with van der Waals surface area (Å²) >= 11 is 0. The summed E-state index contributed by atoms with van der Waals surface area (Å²) < 4.78 is 5.81. The first-order chi connectivity index (χ1) is 8.86. The number of ether oxygens (including phenoxy) is 1. The monoisotopic (exact) mass is 241 g/mol. The van der Waals surface area contributed by atoms with Gasteiger partial charge < -0.3 is 10.5 Å². The van der Waals surface area contributed by atoms with Gasteiger partial charge >= 0.3 is 0 Å². The third-order valence-corrected chi connectivity index (χ3v) is 2.97. The Morgan fingerprint density at radius 3 is 2.78 bits per heavy atom. The highest BCUT2D eigenvalue weighted by atomic mass is 16.5. The van der Waals surface area contributed by atoms with E-state index in [9.17, 15) is 0 Å². The zero-order valence-corrected chi connectivity index (χ0v) is 10.6. The van der Waals surface area contributed by atoms with Gasteiger partial charge in [0.05, 0.1) is 6.61 Å². The van der Waals surface area contributed by atoms with Crippen LogP contribution in [0.4, 0.5) is 0 Å². The molecule has 2 aromatic carbocycles. The summed E-state index contributed by atoms with van der Waals surface area (Å²) in [7, 11) is 0. The lowest BCUT2D eigenvalue weighted by Gasteiger charge is -2.13. The van der Waals surface area contributed by atoms with E-state index in [1.807, 2.05) is 18.2 Å². The Bertz CT molecular complexity index is 534. The Labute approximate surface area is 108 Å². The zero-order valence-electron chi connectivity index (χ0n) is 10.6. The summed E-state index contributed by atoms with van der Waals surface area (Å²) in [6.45, 7) is 5.00. The number of fused-ring (bicyclic) bond motifs is 1. The van der Waals surface area contributed by atoms with E-state index >= 15 is 0 Å². The van der Waals surface area contributed by atoms with Crippen molar-refractivity contribution in [2.75, 3.05) is 13.2 Å². The first-order valence-corrected chi connectivity index (χ1v) is 6.31. The Balaban J connectivity index is 2.38. The zero-order chi connectivity index (χ0) is 12.8. The van der Waals surface area contributed by atoms with Gasteiger partial charge in [0.1, 0.15) is 5.75 Å². The first-order valence-electron chi connectivity index (χ1n) is 6.31. The smallest absolute Gasteiger partial charge is 0.123 e. The van der Waals surface area contributed by atoms with E-state index in [-0.39, 0.29) is 0 Å². The minimum atomic E-state index is 0.631. The van der Waals surface area contributed by atoms with Crippen LogP contribution in [0.3, 0.4) is 0 Å². The highest BCUT2D eigenvalue weighted by Crippen LogP contribution is 2.28. The molecule has 0 fully saturated rings. The molecule has 0 aliphatic rings. The number of hydrogen-bond acceptors (Lipinski definition) is 2. The summed E-state index contributed by atoms with van der Waals surface area (Å²) in [4.78, 5) is 0. The van der Waals surface area contributed by atoms with Gasteiger partial charge in [-0.2, -0.15) is 0 Å². The largest absolute Gasteiger partial charge is 0.493 e. The fourth-order valence-corrected chi connectivity index (χ4v) is 2.11. The summed E-state index contributed by atoms with van der Waals surface area (Å²) in [6, 6.07) is 12.5. The second kappa shape index (κ2) is 6.22. The molecule has 2 aromatic rings. The minimum absolute atomic E-state index is 0.631. The standard InChI is InChI=1S/C16H19NO/c1-2-3-12-18-16-9-8-13-6-4-5-7-14(13)15(16)10-11-17/h2,4-9H,1,3,10-12,17H2. The lowest BCUT2D eigenvalue weighted by molar-refractivity contribution is 0.322. The molecule has 0 bridgehead atoms. The number of hydrogen-bond donors (Lipinski definition) is 1. The minimum Gasteiger partial charge on any atom is -0.493 e. The van der Waals surface area contributed by atoms with Gasteiger partial charge in [-0.3, -0.25) is 0 Å². The van der Waals surface area contributed by atoms with E-state index in [0.717, 1.165) is 18.6 Å². The highest BCUT2D eigenvalue weighted by Gasteiger charge is 2.07. The molecule has 0 radical (unpaired) electrons. The second-order valence-corrected chi connectivity index (χ2v) is 4.23. The van der Waals surface area contributed by atoms with Crippen molar-refractivity contribution >= 4 is 10.8 Å². The SMILES string of the molecule is C=CCCOc1ccc2ccccc2c1CCN. The molecule has 0 saturated carbocycles. The average Bonchev–Trinajstić information content (AvgIpc) is 2.41.